The molecule has 2 heterocycles. The molecular weight excluding hydrogens is 424 g/mol. The van der Waals surface area contributed by atoms with Gasteiger partial charge in [-0.3, -0.25) is 5.32 Å². The second-order valence-electron chi connectivity index (χ2n) is 10.1. The molecule has 3 nitrogen and oxygen atoms in total. The van der Waals surface area contributed by atoms with Crippen LogP contribution in [0.5, 0.6) is 5.75 Å². The van der Waals surface area contributed by atoms with Crippen LogP contribution in [0.3, 0.4) is 0 Å². The van der Waals surface area contributed by atoms with E-state index in [0.29, 0.717) is 23.9 Å². The summed E-state index contributed by atoms with van der Waals surface area (Å²) in [4.78, 5) is 2.42. The van der Waals surface area contributed by atoms with E-state index in [2.05, 4.69) is 68.8 Å². The number of aryl methyl sites for hydroxylation is 1. The monoisotopic (exact) mass is 466 g/mol. The number of hydrogen-bond donors (Lipinski definition) is 1. The summed E-state index contributed by atoms with van der Waals surface area (Å²) in [6.45, 7) is 14.8. The summed E-state index contributed by atoms with van der Waals surface area (Å²) in [6, 6.07) is 6.97. The Kier molecular flexibility index (Phi) is 8.29. The Morgan fingerprint density at radius 3 is 2.88 bits per heavy atom. The smallest absolute Gasteiger partial charge is 0.139 e. The van der Waals surface area contributed by atoms with Crippen LogP contribution in [0.15, 0.2) is 53.4 Å². The molecule has 180 valence electrons. The topological polar surface area (TPSA) is 24.5 Å². The largest absolute Gasteiger partial charge is 0.478 e. The second-order valence-corrected chi connectivity index (χ2v) is 11.2. The van der Waals surface area contributed by atoms with Gasteiger partial charge in [0.2, 0.25) is 0 Å². The van der Waals surface area contributed by atoms with Gasteiger partial charge in [0.15, 0.2) is 0 Å². The number of nitrogens with zero attached hydrogens (tertiary/aromatic N) is 1. The molecule has 1 N–H and O–H groups in total. The predicted octanol–water partition coefficient (Wildman–Crippen LogP) is 7.37. The van der Waals surface area contributed by atoms with Crippen molar-refractivity contribution in [2.75, 3.05) is 19.0 Å². The Balaban J connectivity index is 1.40. The maximum Gasteiger partial charge on any atom is 0.139 e. The molecule has 1 aromatic carbocycles. The van der Waals surface area contributed by atoms with Crippen LogP contribution in [0.4, 0.5) is 0 Å². The van der Waals surface area contributed by atoms with Crippen LogP contribution < -0.4 is 10.1 Å². The molecule has 33 heavy (non-hydrogen) atoms. The SMILES string of the molecule is C=C1C(C)C2SCC(CNCOc3cc(CCCCC)ccc3C3C=C(C)CCC3)=C(C)N12. The number of rotatable bonds is 10. The lowest BCUT2D eigenvalue weighted by Gasteiger charge is -2.53. The first-order chi connectivity index (χ1) is 16.0. The molecule has 4 heteroatoms. The van der Waals surface area contributed by atoms with Crippen LogP contribution in [0, 0.1) is 5.92 Å². The molecule has 1 fully saturated rings. The summed E-state index contributed by atoms with van der Waals surface area (Å²) in [7, 11) is 0. The molecule has 2 aliphatic heterocycles. The summed E-state index contributed by atoms with van der Waals surface area (Å²) >= 11 is 2.04. The third kappa shape index (κ3) is 5.54. The number of ether oxygens (including phenoxy) is 1. The third-order valence-corrected chi connectivity index (χ3v) is 9.08. The normalized spacial score (nSPS) is 25.0. The lowest BCUT2D eigenvalue weighted by molar-refractivity contribution is 0.205. The van der Waals surface area contributed by atoms with E-state index in [0.717, 1.165) is 24.5 Å². The van der Waals surface area contributed by atoms with Crippen molar-refractivity contribution in [3.8, 4) is 5.75 Å². The molecule has 1 saturated heterocycles. The van der Waals surface area contributed by atoms with Crippen molar-refractivity contribution in [1.29, 1.82) is 0 Å². The Bertz CT molecular complexity index is 918. The molecule has 0 radical (unpaired) electrons. The Hall–Kier alpha value is -1.65. The van der Waals surface area contributed by atoms with Crippen molar-refractivity contribution < 1.29 is 4.74 Å². The fourth-order valence-electron chi connectivity index (χ4n) is 5.39. The van der Waals surface area contributed by atoms with Gasteiger partial charge < -0.3 is 9.64 Å². The maximum atomic E-state index is 6.40. The summed E-state index contributed by atoms with van der Waals surface area (Å²) in [5, 5.41) is 4.15. The van der Waals surface area contributed by atoms with Crippen LogP contribution in [0.2, 0.25) is 0 Å². The Morgan fingerprint density at radius 1 is 1.24 bits per heavy atom. The maximum absolute atomic E-state index is 6.40. The Morgan fingerprint density at radius 2 is 2.09 bits per heavy atom. The highest BCUT2D eigenvalue weighted by Crippen LogP contribution is 2.48. The predicted molar refractivity (Wildman–Crippen MR) is 143 cm³/mol. The number of fused-ring (bicyclic) bond motifs is 1. The first-order valence-corrected chi connectivity index (χ1v) is 14.0. The van der Waals surface area contributed by atoms with Crippen molar-refractivity contribution in [2.45, 2.75) is 83.9 Å². The van der Waals surface area contributed by atoms with Gasteiger partial charge in [-0.25, -0.2) is 0 Å². The molecule has 1 aliphatic carbocycles. The van der Waals surface area contributed by atoms with E-state index < -0.39 is 0 Å². The van der Waals surface area contributed by atoms with Gasteiger partial charge in [-0.15, -0.1) is 11.8 Å². The van der Waals surface area contributed by atoms with Crippen LogP contribution in [-0.2, 0) is 6.42 Å². The third-order valence-electron chi connectivity index (χ3n) is 7.61. The van der Waals surface area contributed by atoms with Crippen molar-refractivity contribution in [3.63, 3.8) is 0 Å². The standard InChI is InChI=1S/C29H42N2OS/c1-6-7-8-11-24-13-14-27(25-12-9-10-20(2)15-25)28(16-24)32-19-30-17-26-18-33-29-21(3)22(4)31(29)23(26)5/h13-16,21,25,29-30H,4,6-12,17-19H2,1-3,5H3. The number of hydrogen-bond acceptors (Lipinski definition) is 4. The molecule has 0 aromatic heterocycles. The van der Waals surface area contributed by atoms with E-state index in [4.69, 9.17) is 4.74 Å². The van der Waals surface area contributed by atoms with Crippen LogP contribution in [0.1, 0.15) is 83.3 Å². The molecule has 0 bridgehead atoms. The zero-order valence-electron chi connectivity index (χ0n) is 21.1. The highest BCUT2D eigenvalue weighted by Gasteiger charge is 2.43. The molecule has 0 spiro atoms. The minimum Gasteiger partial charge on any atom is -0.478 e. The minimum absolute atomic E-state index is 0.481. The van der Waals surface area contributed by atoms with E-state index in [1.165, 1.54) is 72.2 Å². The van der Waals surface area contributed by atoms with Gasteiger partial charge >= 0.3 is 0 Å². The van der Waals surface area contributed by atoms with Gasteiger partial charge in [0.1, 0.15) is 12.5 Å². The minimum atomic E-state index is 0.481. The van der Waals surface area contributed by atoms with Gasteiger partial charge in [0.05, 0.1) is 5.37 Å². The van der Waals surface area contributed by atoms with E-state index in [1.807, 2.05) is 11.8 Å². The van der Waals surface area contributed by atoms with E-state index >= 15 is 0 Å². The quantitative estimate of drug-likeness (QED) is 0.221. The van der Waals surface area contributed by atoms with Crippen molar-refractivity contribution >= 4 is 11.8 Å². The zero-order chi connectivity index (χ0) is 23.4. The molecular formula is C29H42N2OS. The van der Waals surface area contributed by atoms with Crippen molar-refractivity contribution in [2.24, 2.45) is 5.92 Å². The summed E-state index contributed by atoms with van der Waals surface area (Å²) in [5.74, 6) is 3.25. The first-order valence-electron chi connectivity index (χ1n) is 12.9. The van der Waals surface area contributed by atoms with Crippen molar-refractivity contribution in [1.82, 2.24) is 10.2 Å². The molecule has 3 aliphatic rings. The molecule has 3 atom stereocenters. The first kappa shape index (κ1) is 24.5. The van der Waals surface area contributed by atoms with Gasteiger partial charge in [0.25, 0.3) is 0 Å². The van der Waals surface area contributed by atoms with E-state index in [-0.39, 0.29) is 0 Å². The summed E-state index contributed by atoms with van der Waals surface area (Å²) in [5.41, 5.74) is 8.38. The zero-order valence-corrected chi connectivity index (χ0v) is 21.9. The van der Waals surface area contributed by atoms with Crippen LogP contribution >= 0.6 is 11.8 Å². The fraction of sp³-hybridized carbons (Fsp3) is 0.586. The number of allylic oxidation sites excluding steroid dienone is 3. The Labute approximate surface area is 205 Å². The summed E-state index contributed by atoms with van der Waals surface area (Å²) < 4.78 is 6.40. The number of thioether (sulfide) groups is 1. The lowest BCUT2D eigenvalue weighted by Crippen LogP contribution is -2.52. The average Bonchev–Trinajstić information content (AvgIpc) is 2.82. The fourth-order valence-corrected chi connectivity index (χ4v) is 6.96. The second kappa shape index (κ2) is 11.2. The van der Waals surface area contributed by atoms with E-state index in [9.17, 15) is 0 Å². The highest BCUT2D eigenvalue weighted by molar-refractivity contribution is 8.00. The van der Waals surface area contributed by atoms with E-state index in [1.54, 1.807) is 0 Å². The van der Waals surface area contributed by atoms with Crippen LogP contribution in [-0.4, -0.2) is 29.3 Å². The number of benzene rings is 1. The molecule has 0 saturated carbocycles. The number of unbranched alkanes of at least 4 members (excludes halogenated alkanes) is 2. The van der Waals surface area contributed by atoms with Gasteiger partial charge in [-0.2, -0.15) is 0 Å². The highest BCUT2D eigenvalue weighted by atomic mass is 32.2. The number of nitrogens with one attached hydrogen (secondary N) is 1. The lowest BCUT2D eigenvalue weighted by atomic mass is 9.85. The van der Waals surface area contributed by atoms with Gasteiger partial charge in [-0.1, -0.05) is 57.0 Å². The molecule has 3 unspecified atom stereocenters. The average molecular weight is 467 g/mol. The molecule has 0 amide bonds. The molecule has 4 rings (SSSR count). The van der Waals surface area contributed by atoms with Gasteiger partial charge in [-0.05, 0) is 63.2 Å². The van der Waals surface area contributed by atoms with Gasteiger partial charge in [0, 0.05) is 41.1 Å². The van der Waals surface area contributed by atoms with Crippen molar-refractivity contribution in [3.05, 3.63) is 64.5 Å². The molecule has 1 aromatic rings. The summed E-state index contributed by atoms with van der Waals surface area (Å²) in [6.07, 6.45) is 11.1. The van der Waals surface area contributed by atoms with Crippen LogP contribution in [0.25, 0.3) is 0 Å².